The summed E-state index contributed by atoms with van der Waals surface area (Å²) in [6, 6.07) is 0. The van der Waals surface area contributed by atoms with Crippen LogP contribution < -0.4 is 0 Å². The molecule has 0 rings (SSSR count). The van der Waals surface area contributed by atoms with Crippen LogP contribution in [0, 0.1) is 0 Å². The fraction of sp³-hybridized carbons (Fsp3) is 0.800. The molecule has 0 saturated heterocycles. The summed E-state index contributed by atoms with van der Waals surface area (Å²) in [6.45, 7) is 14.4. The number of hydrogen-bond donors (Lipinski definition) is 0. The van der Waals surface area contributed by atoms with E-state index in [0.29, 0.717) is 0 Å². The van der Waals surface area contributed by atoms with Crippen LogP contribution in [0.3, 0.4) is 0 Å². The third-order valence-electron chi connectivity index (χ3n) is 4.66. The van der Waals surface area contributed by atoms with E-state index < -0.39 is 0 Å². The molecule has 0 heterocycles. The Labute approximate surface area is 134 Å². The van der Waals surface area contributed by atoms with E-state index >= 15 is 0 Å². The lowest BCUT2D eigenvalue weighted by Crippen LogP contribution is -2.48. The maximum Gasteiger partial charge on any atom is 0.0821 e. The second-order valence-electron chi connectivity index (χ2n) is 6.23. The van der Waals surface area contributed by atoms with Crippen molar-refractivity contribution in [2.45, 2.75) is 79.1 Å². The molecule has 0 aliphatic carbocycles. The van der Waals surface area contributed by atoms with E-state index in [0.717, 1.165) is 0 Å². The zero-order valence-corrected chi connectivity index (χ0v) is 15.2. The van der Waals surface area contributed by atoms with Crippen molar-refractivity contribution in [2.75, 3.05) is 26.2 Å². The van der Waals surface area contributed by atoms with E-state index in [1.165, 1.54) is 82.0 Å². The van der Waals surface area contributed by atoms with E-state index in [4.69, 9.17) is 0 Å². The average Bonchev–Trinajstić information content (AvgIpc) is 2.52. The smallest absolute Gasteiger partial charge is 0.0821 e. The molecule has 1 nitrogen and oxygen atoms in total. The van der Waals surface area contributed by atoms with Crippen molar-refractivity contribution in [2.24, 2.45) is 0 Å². The van der Waals surface area contributed by atoms with Crippen LogP contribution in [0.25, 0.3) is 0 Å². The summed E-state index contributed by atoms with van der Waals surface area (Å²) in [6.07, 6.45) is 19.9. The van der Waals surface area contributed by atoms with Gasteiger partial charge in [0.15, 0.2) is 0 Å². The Balaban J connectivity index is 4.05. The van der Waals surface area contributed by atoms with Gasteiger partial charge in [-0.1, -0.05) is 63.8 Å². The summed E-state index contributed by atoms with van der Waals surface area (Å²) in [5.41, 5.74) is 0. The highest BCUT2D eigenvalue weighted by Crippen LogP contribution is 2.11. The second kappa shape index (κ2) is 14.4. The Hall–Kier alpha value is -0.560. The predicted molar refractivity (Wildman–Crippen MR) is 97.6 cm³/mol. The minimum Gasteiger partial charge on any atom is -0.324 e. The molecule has 0 aromatic rings. The zero-order chi connectivity index (χ0) is 15.8. The Kier molecular flexibility index (Phi) is 14.0. The van der Waals surface area contributed by atoms with E-state index in [-0.39, 0.29) is 0 Å². The molecular weight excluding hydrogens is 254 g/mol. The van der Waals surface area contributed by atoms with Gasteiger partial charge >= 0.3 is 0 Å². The third kappa shape index (κ3) is 10.8. The third-order valence-corrected chi connectivity index (χ3v) is 4.66. The van der Waals surface area contributed by atoms with Crippen molar-refractivity contribution in [3.8, 4) is 0 Å². The van der Waals surface area contributed by atoms with Gasteiger partial charge in [-0.15, -0.1) is 0 Å². The molecule has 0 unspecified atom stereocenters. The molecule has 1 heteroatoms. The normalized spacial score (nSPS) is 12.8. The summed E-state index contributed by atoms with van der Waals surface area (Å²) in [5.74, 6) is 0. The molecule has 0 aromatic heterocycles. The first kappa shape index (κ1) is 20.4. The lowest BCUT2D eigenvalue weighted by molar-refractivity contribution is -0.924. The Bertz CT molecular complexity index is 237. The van der Waals surface area contributed by atoms with Gasteiger partial charge in [-0.05, 0) is 26.7 Å². The van der Waals surface area contributed by atoms with Gasteiger partial charge in [0.25, 0.3) is 0 Å². The number of quaternary nitrogens is 1. The van der Waals surface area contributed by atoms with Crippen LogP contribution in [-0.4, -0.2) is 30.7 Å². The van der Waals surface area contributed by atoms with Crippen LogP contribution in [0.15, 0.2) is 24.3 Å². The molecule has 0 saturated carbocycles. The summed E-state index contributed by atoms with van der Waals surface area (Å²) in [7, 11) is 0. The first-order valence-electron chi connectivity index (χ1n) is 9.39. The van der Waals surface area contributed by atoms with Gasteiger partial charge in [-0.2, -0.15) is 0 Å². The van der Waals surface area contributed by atoms with E-state index in [1.54, 1.807) is 0 Å². The molecule has 0 radical (unpaired) electrons. The molecule has 21 heavy (non-hydrogen) atoms. The fourth-order valence-electron chi connectivity index (χ4n) is 2.78. The van der Waals surface area contributed by atoms with Crippen molar-refractivity contribution in [1.82, 2.24) is 0 Å². The number of unbranched alkanes of at least 4 members (excludes halogenated alkanes) is 4. The second-order valence-corrected chi connectivity index (χ2v) is 6.23. The summed E-state index contributed by atoms with van der Waals surface area (Å²) < 4.78 is 1.27. The molecule has 0 spiro atoms. The SMILES string of the molecule is CCCC/C=C/CC[N+](CC)(CC)CC/C=C/CCCC. The highest BCUT2D eigenvalue weighted by atomic mass is 15.3. The van der Waals surface area contributed by atoms with Crippen molar-refractivity contribution in [1.29, 1.82) is 0 Å². The van der Waals surface area contributed by atoms with Crippen LogP contribution >= 0.6 is 0 Å². The van der Waals surface area contributed by atoms with Gasteiger partial charge in [-0.25, -0.2) is 0 Å². The van der Waals surface area contributed by atoms with Crippen LogP contribution in [0.1, 0.15) is 79.1 Å². The number of rotatable bonds is 14. The molecule has 124 valence electrons. The van der Waals surface area contributed by atoms with Crippen molar-refractivity contribution < 1.29 is 4.48 Å². The van der Waals surface area contributed by atoms with E-state index in [9.17, 15) is 0 Å². The molecular formula is C20H40N+. The molecule has 0 bridgehead atoms. The topological polar surface area (TPSA) is 0 Å². The van der Waals surface area contributed by atoms with Crippen molar-refractivity contribution >= 4 is 0 Å². The number of allylic oxidation sites excluding steroid dienone is 2. The van der Waals surface area contributed by atoms with E-state index in [1.807, 2.05) is 0 Å². The van der Waals surface area contributed by atoms with Gasteiger partial charge in [-0.3, -0.25) is 0 Å². The Morgan fingerprint density at radius 1 is 0.571 bits per heavy atom. The molecule has 0 N–H and O–H groups in total. The molecule has 0 atom stereocenters. The molecule has 0 aliphatic heterocycles. The van der Waals surface area contributed by atoms with Crippen LogP contribution in [0.5, 0.6) is 0 Å². The first-order chi connectivity index (χ1) is 10.2. The minimum absolute atomic E-state index is 1.24. The molecule has 0 aromatic carbocycles. The largest absolute Gasteiger partial charge is 0.324 e. The van der Waals surface area contributed by atoms with Gasteiger partial charge in [0.1, 0.15) is 0 Å². The maximum atomic E-state index is 2.41. The van der Waals surface area contributed by atoms with Crippen LogP contribution in [-0.2, 0) is 0 Å². The van der Waals surface area contributed by atoms with Gasteiger partial charge in [0.05, 0.1) is 26.2 Å². The molecule has 0 amide bonds. The highest BCUT2D eigenvalue weighted by molar-refractivity contribution is 4.82. The zero-order valence-electron chi connectivity index (χ0n) is 15.2. The van der Waals surface area contributed by atoms with Crippen molar-refractivity contribution in [3.63, 3.8) is 0 Å². The Morgan fingerprint density at radius 2 is 0.952 bits per heavy atom. The summed E-state index contributed by atoms with van der Waals surface area (Å²) in [4.78, 5) is 0. The fourth-order valence-corrected chi connectivity index (χ4v) is 2.78. The average molecular weight is 295 g/mol. The monoisotopic (exact) mass is 294 g/mol. The lowest BCUT2D eigenvalue weighted by atomic mass is 10.2. The van der Waals surface area contributed by atoms with Gasteiger partial charge in [0, 0.05) is 12.8 Å². The number of nitrogens with zero attached hydrogens (tertiary/aromatic N) is 1. The summed E-state index contributed by atoms with van der Waals surface area (Å²) >= 11 is 0. The maximum absolute atomic E-state index is 2.41. The lowest BCUT2D eigenvalue weighted by Gasteiger charge is -2.36. The van der Waals surface area contributed by atoms with Crippen LogP contribution in [0.2, 0.25) is 0 Å². The van der Waals surface area contributed by atoms with Gasteiger partial charge in [0.2, 0.25) is 0 Å². The predicted octanol–water partition coefficient (Wildman–Crippen LogP) is 6.12. The van der Waals surface area contributed by atoms with Crippen LogP contribution in [0.4, 0.5) is 0 Å². The molecule has 0 fully saturated rings. The number of hydrogen-bond acceptors (Lipinski definition) is 0. The quantitative estimate of drug-likeness (QED) is 0.206. The first-order valence-corrected chi connectivity index (χ1v) is 9.39. The highest BCUT2D eigenvalue weighted by Gasteiger charge is 2.20. The van der Waals surface area contributed by atoms with Gasteiger partial charge < -0.3 is 4.48 Å². The molecule has 0 aliphatic rings. The Morgan fingerprint density at radius 3 is 1.29 bits per heavy atom. The minimum atomic E-state index is 1.24. The standard InChI is InChI=1S/C20H40N/c1-5-9-11-13-15-17-19-21(7-3,8-4)20-18-16-14-12-10-6-2/h13-16H,5-12,17-20H2,1-4H3/q+1/b15-13+,16-14+. The van der Waals surface area contributed by atoms with E-state index in [2.05, 4.69) is 52.0 Å². The summed E-state index contributed by atoms with van der Waals surface area (Å²) in [5, 5.41) is 0. The van der Waals surface area contributed by atoms with Crippen molar-refractivity contribution in [3.05, 3.63) is 24.3 Å².